The van der Waals surface area contributed by atoms with Crippen molar-refractivity contribution in [2.45, 2.75) is 0 Å². The highest BCUT2D eigenvalue weighted by molar-refractivity contribution is 7.85. The average molecular weight is 274 g/mol. The van der Waals surface area contributed by atoms with Crippen molar-refractivity contribution in [3.63, 3.8) is 0 Å². The van der Waals surface area contributed by atoms with E-state index in [4.69, 9.17) is 9.29 Å². The summed E-state index contributed by atoms with van der Waals surface area (Å²) in [4.78, 5) is 11.4. The molecule has 0 atom stereocenters. The van der Waals surface area contributed by atoms with Gasteiger partial charge in [0.1, 0.15) is 18.2 Å². The molecule has 1 aliphatic rings. The Bertz CT molecular complexity index is 585. The number of nitro groups is 1. The Balaban J connectivity index is 2.40. The van der Waals surface area contributed by atoms with Crippen molar-refractivity contribution in [2.75, 3.05) is 23.9 Å². The molecule has 1 N–H and O–H groups in total. The van der Waals surface area contributed by atoms with Crippen molar-refractivity contribution in [1.82, 2.24) is 0 Å². The first-order valence-corrected chi connectivity index (χ1v) is 6.59. The summed E-state index contributed by atoms with van der Waals surface area (Å²) in [7, 11) is -4.20. The lowest BCUT2D eigenvalue weighted by Crippen LogP contribution is -2.36. The summed E-state index contributed by atoms with van der Waals surface area (Å²) in [5.41, 5.74) is 0.118. The van der Waals surface area contributed by atoms with Crippen LogP contribution in [0.15, 0.2) is 18.2 Å². The summed E-state index contributed by atoms with van der Waals surface area (Å²) in [6.07, 6.45) is 0. The summed E-state index contributed by atoms with van der Waals surface area (Å²) in [5, 5.41) is 10.7. The lowest BCUT2D eigenvalue weighted by Gasteiger charge is -2.29. The Kier molecular flexibility index (Phi) is 3.09. The van der Waals surface area contributed by atoms with Crippen molar-refractivity contribution in [3.05, 3.63) is 28.3 Å². The number of nitro benzene ring substituents is 1. The van der Waals surface area contributed by atoms with Gasteiger partial charge in [0.25, 0.3) is 15.8 Å². The van der Waals surface area contributed by atoms with Gasteiger partial charge in [0.2, 0.25) is 0 Å². The Morgan fingerprint density at radius 1 is 1.50 bits per heavy atom. The van der Waals surface area contributed by atoms with E-state index in [2.05, 4.69) is 0 Å². The molecule has 0 fully saturated rings. The van der Waals surface area contributed by atoms with Gasteiger partial charge in [-0.2, -0.15) is 8.42 Å². The molecule has 0 saturated carbocycles. The summed E-state index contributed by atoms with van der Waals surface area (Å²) < 4.78 is 35.8. The smallest absolute Gasteiger partial charge is 0.283 e. The number of fused-ring (bicyclic) bond motifs is 1. The first-order valence-electron chi connectivity index (χ1n) is 4.98. The highest BCUT2D eigenvalue weighted by Crippen LogP contribution is 2.34. The number of rotatable bonds is 3. The largest absolute Gasteiger partial charge is 0.490 e. The highest BCUT2D eigenvalue weighted by atomic mass is 32.2. The van der Waals surface area contributed by atoms with E-state index in [0.717, 1.165) is 0 Å². The van der Waals surface area contributed by atoms with Crippen LogP contribution in [0.4, 0.5) is 11.4 Å². The summed E-state index contributed by atoms with van der Waals surface area (Å²) in [5.74, 6) is -0.264. The van der Waals surface area contributed by atoms with Crippen LogP contribution in [0.2, 0.25) is 0 Å². The maximum absolute atomic E-state index is 10.9. The van der Waals surface area contributed by atoms with E-state index in [9.17, 15) is 18.5 Å². The van der Waals surface area contributed by atoms with E-state index in [-0.39, 0.29) is 24.5 Å². The standard InChI is InChI=1S/C9H10N2O6S/c12-11(13)7-1-2-9-8(5-7)10(3-4-17-9)6-18(14,15)16/h1-2,5H,3-4,6H2,(H,14,15,16). The first kappa shape index (κ1) is 12.6. The molecule has 0 spiro atoms. The highest BCUT2D eigenvalue weighted by Gasteiger charge is 2.24. The molecule has 0 saturated heterocycles. The number of non-ortho nitro benzene ring substituents is 1. The molecule has 0 radical (unpaired) electrons. The number of benzene rings is 1. The van der Waals surface area contributed by atoms with E-state index < -0.39 is 20.9 Å². The Labute approximate surface area is 103 Å². The lowest BCUT2D eigenvalue weighted by molar-refractivity contribution is -0.384. The van der Waals surface area contributed by atoms with Crippen molar-refractivity contribution >= 4 is 21.5 Å². The van der Waals surface area contributed by atoms with E-state index in [1.54, 1.807) is 0 Å². The van der Waals surface area contributed by atoms with Crippen LogP contribution in [-0.4, -0.2) is 36.9 Å². The van der Waals surface area contributed by atoms with Gasteiger partial charge in [-0.3, -0.25) is 14.7 Å². The SMILES string of the molecule is O=[N+]([O-])c1ccc2c(c1)N(CS(=O)(=O)O)CCO2. The minimum Gasteiger partial charge on any atom is -0.490 e. The van der Waals surface area contributed by atoms with Gasteiger partial charge in [-0.25, -0.2) is 0 Å². The number of ether oxygens (including phenoxy) is 1. The van der Waals surface area contributed by atoms with Gasteiger partial charge in [0.05, 0.1) is 17.2 Å². The molecular formula is C9H10N2O6S. The van der Waals surface area contributed by atoms with Crippen LogP contribution >= 0.6 is 0 Å². The molecule has 1 heterocycles. The van der Waals surface area contributed by atoms with E-state index in [1.165, 1.54) is 23.1 Å². The van der Waals surface area contributed by atoms with Crippen LogP contribution < -0.4 is 9.64 Å². The summed E-state index contributed by atoms with van der Waals surface area (Å²) in [6, 6.07) is 3.90. The van der Waals surface area contributed by atoms with Gasteiger partial charge < -0.3 is 9.64 Å². The minimum absolute atomic E-state index is 0.167. The third-order valence-electron chi connectivity index (χ3n) is 2.43. The predicted octanol–water partition coefficient (Wildman–Crippen LogP) is 0.639. The second-order valence-electron chi connectivity index (χ2n) is 3.73. The molecule has 0 amide bonds. The second kappa shape index (κ2) is 4.42. The molecule has 1 aromatic carbocycles. The third-order valence-corrected chi connectivity index (χ3v) is 3.07. The molecular weight excluding hydrogens is 264 g/mol. The number of anilines is 1. The molecule has 1 aliphatic heterocycles. The van der Waals surface area contributed by atoms with Crippen LogP contribution in [-0.2, 0) is 10.1 Å². The maximum Gasteiger partial charge on any atom is 0.283 e. The lowest BCUT2D eigenvalue weighted by atomic mass is 10.2. The van der Waals surface area contributed by atoms with Gasteiger partial charge in [-0.15, -0.1) is 0 Å². The normalized spacial score (nSPS) is 14.8. The van der Waals surface area contributed by atoms with E-state index >= 15 is 0 Å². The minimum atomic E-state index is -4.20. The van der Waals surface area contributed by atoms with Crippen LogP contribution in [0.25, 0.3) is 0 Å². The predicted molar refractivity (Wildman–Crippen MR) is 62.4 cm³/mol. The van der Waals surface area contributed by atoms with Crippen LogP contribution in [0.1, 0.15) is 0 Å². The second-order valence-corrected chi connectivity index (χ2v) is 5.15. The van der Waals surface area contributed by atoms with Crippen LogP contribution in [0, 0.1) is 10.1 Å². The molecule has 98 valence electrons. The number of hydrogen-bond donors (Lipinski definition) is 1. The molecule has 1 aromatic rings. The monoisotopic (exact) mass is 274 g/mol. The molecule has 0 unspecified atom stereocenters. The van der Waals surface area contributed by atoms with Gasteiger partial charge in [-0.05, 0) is 6.07 Å². The van der Waals surface area contributed by atoms with Crippen molar-refractivity contribution in [3.8, 4) is 5.75 Å². The zero-order chi connectivity index (χ0) is 13.3. The van der Waals surface area contributed by atoms with Crippen molar-refractivity contribution in [2.24, 2.45) is 0 Å². The molecule has 0 aliphatic carbocycles. The number of hydrogen-bond acceptors (Lipinski definition) is 6. The van der Waals surface area contributed by atoms with Crippen LogP contribution in [0.5, 0.6) is 5.75 Å². The van der Waals surface area contributed by atoms with Crippen molar-refractivity contribution in [1.29, 1.82) is 0 Å². The molecule has 9 heteroatoms. The average Bonchev–Trinajstić information content (AvgIpc) is 2.26. The maximum atomic E-state index is 10.9. The van der Waals surface area contributed by atoms with Gasteiger partial charge in [0, 0.05) is 12.1 Å². The van der Waals surface area contributed by atoms with E-state index in [1.807, 2.05) is 0 Å². The fraction of sp³-hybridized carbons (Fsp3) is 0.333. The summed E-state index contributed by atoms with van der Waals surface area (Å²) >= 11 is 0. The van der Waals surface area contributed by atoms with Gasteiger partial charge in [-0.1, -0.05) is 0 Å². The van der Waals surface area contributed by atoms with Crippen molar-refractivity contribution < 1.29 is 22.6 Å². The fourth-order valence-corrected chi connectivity index (χ4v) is 2.37. The zero-order valence-electron chi connectivity index (χ0n) is 9.14. The molecule has 18 heavy (non-hydrogen) atoms. The third kappa shape index (κ3) is 2.68. The Morgan fingerprint density at radius 2 is 2.22 bits per heavy atom. The first-order chi connectivity index (χ1) is 8.37. The molecule has 2 rings (SSSR count). The summed E-state index contributed by atoms with van der Waals surface area (Å²) in [6.45, 7) is 0.480. The number of nitrogens with zero attached hydrogens (tertiary/aromatic N) is 2. The van der Waals surface area contributed by atoms with Gasteiger partial charge in [0.15, 0.2) is 0 Å². The van der Waals surface area contributed by atoms with Gasteiger partial charge >= 0.3 is 0 Å². The Morgan fingerprint density at radius 3 is 2.83 bits per heavy atom. The Hall–Kier alpha value is -1.87. The topological polar surface area (TPSA) is 110 Å². The quantitative estimate of drug-likeness (QED) is 0.489. The molecule has 8 nitrogen and oxygen atoms in total. The molecule has 0 bridgehead atoms. The molecule has 0 aromatic heterocycles. The van der Waals surface area contributed by atoms with Crippen LogP contribution in [0.3, 0.4) is 0 Å². The van der Waals surface area contributed by atoms with E-state index in [0.29, 0.717) is 5.75 Å². The zero-order valence-corrected chi connectivity index (χ0v) is 9.96. The fourth-order valence-electron chi connectivity index (χ4n) is 1.71.